The molecule has 2 rings (SSSR count). The van der Waals surface area contributed by atoms with Gasteiger partial charge in [-0.25, -0.2) is 4.79 Å². The van der Waals surface area contributed by atoms with Gasteiger partial charge in [0.05, 0.1) is 18.4 Å². The summed E-state index contributed by atoms with van der Waals surface area (Å²) in [4.78, 5) is 11.0. The first-order chi connectivity index (χ1) is 9.61. The second-order valence-corrected chi connectivity index (χ2v) is 3.88. The van der Waals surface area contributed by atoms with E-state index in [4.69, 9.17) is 9.84 Å². The lowest BCUT2D eigenvalue weighted by molar-refractivity contribution is 0.0697. The van der Waals surface area contributed by atoms with Crippen molar-refractivity contribution in [3.05, 3.63) is 48.0 Å². The Labute approximate surface area is 115 Å². The number of hydrogen-bond donors (Lipinski definition) is 2. The molecule has 102 valence electrons. The van der Waals surface area contributed by atoms with Gasteiger partial charge in [0.1, 0.15) is 5.69 Å². The zero-order valence-electron chi connectivity index (χ0n) is 10.6. The molecular formula is C14H12N2O4. The summed E-state index contributed by atoms with van der Waals surface area (Å²) >= 11 is 0. The summed E-state index contributed by atoms with van der Waals surface area (Å²) in [6, 6.07) is 10.8. The molecule has 0 aliphatic carbocycles. The Bertz CT molecular complexity index is 668. The fourth-order valence-corrected chi connectivity index (χ4v) is 1.58. The highest BCUT2D eigenvalue weighted by Crippen LogP contribution is 2.31. The summed E-state index contributed by atoms with van der Waals surface area (Å²) < 4.78 is 4.95. The lowest BCUT2D eigenvalue weighted by atomic mass is 10.2. The highest BCUT2D eigenvalue weighted by Gasteiger charge is 2.08. The molecule has 2 aromatic rings. The molecule has 2 aromatic carbocycles. The van der Waals surface area contributed by atoms with Crippen LogP contribution in [0.25, 0.3) is 0 Å². The molecule has 0 heterocycles. The number of hydrogen-bond acceptors (Lipinski definition) is 5. The lowest BCUT2D eigenvalue weighted by Gasteiger charge is -2.03. The van der Waals surface area contributed by atoms with Crippen molar-refractivity contribution in [2.24, 2.45) is 10.2 Å². The number of methoxy groups -OCH3 is 1. The monoisotopic (exact) mass is 272 g/mol. The quantitative estimate of drug-likeness (QED) is 0.833. The first kappa shape index (κ1) is 13.5. The summed E-state index contributed by atoms with van der Waals surface area (Å²) in [7, 11) is 1.43. The van der Waals surface area contributed by atoms with Gasteiger partial charge in [-0.3, -0.25) is 0 Å². The summed E-state index contributed by atoms with van der Waals surface area (Å²) in [6.45, 7) is 0. The third-order valence-corrected chi connectivity index (χ3v) is 2.57. The Kier molecular flexibility index (Phi) is 3.95. The molecule has 0 aromatic heterocycles. The van der Waals surface area contributed by atoms with Crippen molar-refractivity contribution in [3.63, 3.8) is 0 Å². The van der Waals surface area contributed by atoms with E-state index in [1.807, 2.05) is 0 Å². The predicted octanol–water partition coefficient (Wildman–Crippen LogP) is 3.51. The Hall–Kier alpha value is -2.89. The minimum atomic E-state index is -1.07. The van der Waals surface area contributed by atoms with E-state index in [0.29, 0.717) is 5.69 Å². The van der Waals surface area contributed by atoms with Crippen LogP contribution >= 0.6 is 0 Å². The molecule has 0 aliphatic rings. The van der Waals surface area contributed by atoms with Gasteiger partial charge in [-0.15, -0.1) is 5.11 Å². The van der Waals surface area contributed by atoms with Crippen LogP contribution in [-0.2, 0) is 0 Å². The Morgan fingerprint density at radius 3 is 2.60 bits per heavy atom. The Balaban J connectivity index is 2.32. The largest absolute Gasteiger partial charge is 0.504 e. The van der Waals surface area contributed by atoms with Crippen molar-refractivity contribution in [2.45, 2.75) is 0 Å². The van der Waals surface area contributed by atoms with Crippen molar-refractivity contribution >= 4 is 17.3 Å². The highest BCUT2D eigenvalue weighted by atomic mass is 16.5. The summed E-state index contributed by atoms with van der Waals surface area (Å²) in [5.41, 5.74) is 0.772. The molecule has 6 nitrogen and oxygen atoms in total. The first-order valence-electron chi connectivity index (χ1n) is 5.73. The van der Waals surface area contributed by atoms with Crippen LogP contribution in [-0.4, -0.2) is 23.3 Å². The molecule has 2 N–H and O–H groups in total. The maximum Gasteiger partial charge on any atom is 0.337 e. The van der Waals surface area contributed by atoms with Crippen LogP contribution in [0.15, 0.2) is 52.7 Å². The van der Waals surface area contributed by atoms with Crippen molar-refractivity contribution in [1.29, 1.82) is 0 Å². The van der Waals surface area contributed by atoms with E-state index in [-0.39, 0.29) is 22.7 Å². The molecule has 0 fully saturated rings. The lowest BCUT2D eigenvalue weighted by Crippen LogP contribution is -1.95. The molecule has 6 heteroatoms. The number of aromatic carboxylic acids is 1. The summed E-state index contributed by atoms with van der Waals surface area (Å²) in [5.74, 6) is -0.798. The predicted molar refractivity (Wildman–Crippen MR) is 72.2 cm³/mol. The minimum absolute atomic E-state index is 0.00242. The van der Waals surface area contributed by atoms with Gasteiger partial charge in [0.15, 0.2) is 11.5 Å². The molecule has 0 bridgehead atoms. The molecular weight excluding hydrogens is 260 g/mol. The van der Waals surface area contributed by atoms with Crippen LogP contribution in [0.3, 0.4) is 0 Å². The van der Waals surface area contributed by atoms with Crippen LogP contribution in [0.1, 0.15) is 10.4 Å². The van der Waals surface area contributed by atoms with Gasteiger partial charge in [0.2, 0.25) is 0 Å². The number of carboxylic acids is 1. The van der Waals surface area contributed by atoms with Gasteiger partial charge in [-0.1, -0.05) is 12.1 Å². The number of aromatic hydroxyl groups is 1. The van der Waals surface area contributed by atoms with E-state index in [2.05, 4.69) is 10.2 Å². The first-order valence-corrected chi connectivity index (χ1v) is 5.73. The number of benzene rings is 2. The normalized spacial score (nSPS) is 10.7. The zero-order valence-corrected chi connectivity index (χ0v) is 10.6. The molecule has 0 radical (unpaired) electrons. The number of phenolic OH excluding ortho intramolecular Hbond substituents is 1. The van der Waals surface area contributed by atoms with Gasteiger partial charge in [-0.2, -0.15) is 5.11 Å². The molecule has 0 unspecified atom stereocenters. The van der Waals surface area contributed by atoms with Crippen LogP contribution in [0.4, 0.5) is 11.4 Å². The molecule has 0 saturated heterocycles. The maximum absolute atomic E-state index is 11.0. The number of phenols is 1. The summed E-state index contributed by atoms with van der Waals surface area (Å²) in [6.07, 6.45) is 0. The smallest absolute Gasteiger partial charge is 0.337 e. The SMILES string of the molecule is COc1cc(N=Nc2ccccc2C(=O)O)ccc1O. The number of azo groups is 1. The number of rotatable bonds is 4. The highest BCUT2D eigenvalue weighted by molar-refractivity contribution is 5.93. The minimum Gasteiger partial charge on any atom is -0.504 e. The standard InChI is InChI=1S/C14H12N2O4/c1-20-13-8-9(6-7-12(13)17)15-16-11-5-3-2-4-10(11)14(18)19/h2-8,17H,1H3,(H,18,19). The van der Waals surface area contributed by atoms with Gasteiger partial charge in [0.25, 0.3) is 0 Å². The van der Waals surface area contributed by atoms with Gasteiger partial charge in [0, 0.05) is 6.07 Å². The van der Waals surface area contributed by atoms with Crippen molar-refractivity contribution in [1.82, 2.24) is 0 Å². The van der Waals surface area contributed by atoms with E-state index in [9.17, 15) is 9.90 Å². The second kappa shape index (κ2) is 5.83. The number of carbonyl (C=O) groups is 1. The van der Waals surface area contributed by atoms with E-state index in [1.54, 1.807) is 24.3 Å². The fourth-order valence-electron chi connectivity index (χ4n) is 1.58. The third kappa shape index (κ3) is 2.92. The third-order valence-electron chi connectivity index (χ3n) is 2.57. The van der Waals surface area contributed by atoms with Crippen molar-refractivity contribution in [3.8, 4) is 11.5 Å². The molecule has 0 spiro atoms. The van der Waals surface area contributed by atoms with Crippen LogP contribution < -0.4 is 4.74 Å². The summed E-state index contributed by atoms with van der Waals surface area (Å²) in [5, 5.41) is 26.3. The molecule has 0 atom stereocenters. The van der Waals surface area contributed by atoms with E-state index in [0.717, 1.165) is 0 Å². The van der Waals surface area contributed by atoms with E-state index < -0.39 is 5.97 Å². The van der Waals surface area contributed by atoms with Crippen molar-refractivity contribution in [2.75, 3.05) is 7.11 Å². The van der Waals surface area contributed by atoms with E-state index >= 15 is 0 Å². The average molecular weight is 272 g/mol. The maximum atomic E-state index is 11.0. The van der Waals surface area contributed by atoms with E-state index in [1.165, 1.54) is 25.3 Å². The Morgan fingerprint density at radius 1 is 1.15 bits per heavy atom. The van der Waals surface area contributed by atoms with Crippen LogP contribution in [0.2, 0.25) is 0 Å². The number of ether oxygens (including phenoxy) is 1. The topological polar surface area (TPSA) is 91.5 Å². The molecule has 0 saturated carbocycles. The van der Waals surface area contributed by atoms with Crippen LogP contribution in [0, 0.1) is 0 Å². The average Bonchev–Trinajstić information content (AvgIpc) is 2.46. The van der Waals surface area contributed by atoms with Crippen molar-refractivity contribution < 1.29 is 19.7 Å². The van der Waals surface area contributed by atoms with Crippen LogP contribution in [0.5, 0.6) is 11.5 Å². The molecule has 20 heavy (non-hydrogen) atoms. The van der Waals surface area contributed by atoms with Gasteiger partial charge >= 0.3 is 5.97 Å². The zero-order chi connectivity index (χ0) is 14.5. The molecule has 0 aliphatic heterocycles. The van der Waals surface area contributed by atoms with Gasteiger partial charge in [-0.05, 0) is 24.3 Å². The number of carboxylic acid groups (broad SMARTS) is 1. The fraction of sp³-hybridized carbons (Fsp3) is 0.0714. The number of nitrogens with zero attached hydrogens (tertiary/aromatic N) is 2. The Morgan fingerprint density at radius 2 is 1.90 bits per heavy atom. The molecule has 0 amide bonds. The van der Waals surface area contributed by atoms with Gasteiger partial charge < -0.3 is 14.9 Å². The second-order valence-electron chi connectivity index (χ2n) is 3.88.